The Bertz CT molecular complexity index is 623. The Morgan fingerprint density at radius 2 is 1.84 bits per heavy atom. The molecule has 1 atom stereocenters. The monoisotopic (exact) mass is 253 g/mol. The molecule has 0 spiro atoms. The van der Waals surface area contributed by atoms with Crippen LogP contribution in [0.3, 0.4) is 0 Å². The molecule has 0 radical (unpaired) electrons. The first-order chi connectivity index (χ1) is 9.08. The number of rotatable bonds is 1. The Morgan fingerprint density at radius 3 is 2.53 bits per heavy atom. The van der Waals surface area contributed by atoms with Gasteiger partial charge >= 0.3 is 0 Å². The van der Waals surface area contributed by atoms with Crippen LogP contribution in [0, 0.1) is 13.8 Å². The minimum Gasteiger partial charge on any atom is -0.508 e. The number of aromatic hydroxyl groups is 1. The molecule has 0 saturated heterocycles. The molecule has 98 valence electrons. The number of phenols is 1. The molecule has 2 aromatic carbocycles. The van der Waals surface area contributed by atoms with Gasteiger partial charge in [0.05, 0.1) is 0 Å². The maximum absolute atomic E-state index is 9.68. The average molecular weight is 253 g/mol. The van der Waals surface area contributed by atoms with Gasteiger partial charge < -0.3 is 10.8 Å². The predicted molar refractivity (Wildman–Crippen MR) is 78.3 cm³/mol. The highest BCUT2D eigenvalue weighted by Crippen LogP contribution is 2.39. The molecular formula is C17H19NO. The van der Waals surface area contributed by atoms with E-state index in [2.05, 4.69) is 32.0 Å². The smallest absolute Gasteiger partial charge is 0.116 e. The Kier molecular flexibility index (Phi) is 2.83. The molecule has 0 unspecified atom stereocenters. The average Bonchev–Trinajstić information content (AvgIpc) is 2.71. The summed E-state index contributed by atoms with van der Waals surface area (Å²) in [7, 11) is 0. The fraction of sp³-hybridized carbons (Fsp3) is 0.294. The summed E-state index contributed by atoms with van der Waals surface area (Å²) in [6, 6.07) is 10.2. The number of hydrogen-bond donors (Lipinski definition) is 2. The molecule has 0 aromatic heterocycles. The van der Waals surface area contributed by atoms with E-state index in [1.807, 2.05) is 12.1 Å². The summed E-state index contributed by atoms with van der Waals surface area (Å²) in [6.07, 6.45) is 2.08. The van der Waals surface area contributed by atoms with Crippen molar-refractivity contribution in [1.82, 2.24) is 0 Å². The first kappa shape index (κ1) is 12.2. The van der Waals surface area contributed by atoms with Crippen LogP contribution >= 0.6 is 0 Å². The molecule has 0 aliphatic heterocycles. The topological polar surface area (TPSA) is 46.2 Å². The number of nitrogens with two attached hydrogens (primary N) is 1. The zero-order chi connectivity index (χ0) is 13.6. The molecule has 0 fully saturated rings. The summed E-state index contributed by atoms with van der Waals surface area (Å²) in [5.41, 5.74) is 13.6. The van der Waals surface area contributed by atoms with Crippen molar-refractivity contribution in [2.75, 3.05) is 0 Å². The third-order valence-electron chi connectivity index (χ3n) is 4.10. The van der Waals surface area contributed by atoms with Crippen LogP contribution in [0.4, 0.5) is 0 Å². The van der Waals surface area contributed by atoms with E-state index in [9.17, 15) is 5.11 Å². The van der Waals surface area contributed by atoms with Gasteiger partial charge in [-0.1, -0.05) is 18.2 Å². The van der Waals surface area contributed by atoms with Gasteiger partial charge in [0, 0.05) is 6.04 Å². The Hall–Kier alpha value is -1.80. The van der Waals surface area contributed by atoms with Gasteiger partial charge in [-0.15, -0.1) is 0 Å². The molecule has 1 aliphatic rings. The van der Waals surface area contributed by atoms with E-state index in [0.717, 1.165) is 24.0 Å². The Labute approximate surface area is 113 Å². The third kappa shape index (κ3) is 1.92. The molecule has 0 saturated carbocycles. The molecule has 2 heteroatoms. The SMILES string of the molecule is Cc1cc(O)cc(C)c1-c1cccc2c1CC[C@H]2N. The highest BCUT2D eigenvalue weighted by molar-refractivity contribution is 5.76. The molecule has 3 rings (SSSR count). The maximum Gasteiger partial charge on any atom is 0.116 e. The second kappa shape index (κ2) is 4.39. The van der Waals surface area contributed by atoms with Gasteiger partial charge in [0.25, 0.3) is 0 Å². The van der Waals surface area contributed by atoms with E-state index in [4.69, 9.17) is 5.73 Å². The molecule has 2 aromatic rings. The van der Waals surface area contributed by atoms with Crippen molar-refractivity contribution in [3.63, 3.8) is 0 Å². The van der Waals surface area contributed by atoms with Gasteiger partial charge in [-0.05, 0) is 72.2 Å². The molecule has 3 N–H and O–H groups in total. The lowest BCUT2D eigenvalue weighted by Crippen LogP contribution is -2.05. The van der Waals surface area contributed by atoms with Gasteiger partial charge in [0.1, 0.15) is 5.75 Å². The second-order valence-corrected chi connectivity index (χ2v) is 5.47. The normalized spacial score (nSPS) is 17.5. The van der Waals surface area contributed by atoms with E-state index < -0.39 is 0 Å². The first-order valence-electron chi connectivity index (χ1n) is 6.76. The van der Waals surface area contributed by atoms with Crippen LogP contribution in [-0.4, -0.2) is 5.11 Å². The van der Waals surface area contributed by atoms with Gasteiger partial charge in [-0.25, -0.2) is 0 Å². The van der Waals surface area contributed by atoms with Gasteiger partial charge in [0.2, 0.25) is 0 Å². The van der Waals surface area contributed by atoms with E-state index in [-0.39, 0.29) is 6.04 Å². The fourth-order valence-corrected chi connectivity index (χ4v) is 3.29. The molecule has 0 amide bonds. The van der Waals surface area contributed by atoms with Crippen molar-refractivity contribution < 1.29 is 5.11 Å². The number of benzene rings is 2. The largest absolute Gasteiger partial charge is 0.508 e. The highest BCUT2D eigenvalue weighted by Gasteiger charge is 2.23. The van der Waals surface area contributed by atoms with E-state index in [1.54, 1.807) is 0 Å². The van der Waals surface area contributed by atoms with Crippen LogP contribution in [0.2, 0.25) is 0 Å². The zero-order valence-electron chi connectivity index (χ0n) is 11.4. The highest BCUT2D eigenvalue weighted by atomic mass is 16.3. The van der Waals surface area contributed by atoms with E-state index in [1.165, 1.54) is 22.3 Å². The van der Waals surface area contributed by atoms with E-state index in [0.29, 0.717) is 5.75 Å². The number of phenolic OH excluding ortho intramolecular Hbond substituents is 1. The molecule has 1 aliphatic carbocycles. The number of hydrogen-bond acceptors (Lipinski definition) is 2. The lowest BCUT2D eigenvalue weighted by Gasteiger charge is -2.15. The molecule has 2 nitrogen and oxygen atoms in total. The summed E-state index contributed by atoms with van der Waals surface area (Å²) in [5.74, 6) is 0.336. The van der Waals surface area contributed by atoms with Crippen LogP contribution in [0.15, 0.2) is 30.3 Å². The maximum atomic E-state index is 9.68. The van der Waals surface area contributed by atoms with Crippen LogP contribution in [-0.2, 0) is 6.42 Å². The second-order valence-electron chi connectivity index (χ2n) is 5.47. The van der Waals surface area contributed by atoms with Crippen molar-refractivity contribution >= 4 is 0 Å². The summed E-state index contributed by atoms with van der Waals surface area (Å²) >= 11 is 0. The van der Waals surface area contributed by atoms with Crippen molar-refractivity contribution in [1.29, 1.82) is 0 Å². The Morgan fingerprint density at radius 1 is 1.16 bits per heavy atom. The predicted octanol–water partition coefficient (Wildman–Crippen LogP) is 3.62. The van der Waals surface area contributed by atoms with E-state index >= 15 is 0 Å². The van der Waals surface area contributed by atoms with Gasteiger partial charge in [-0.2, -0.15) is 0 Å². The summed E-state index contributed by atoms with van der Waals surface area (Å²) in [5, 5.41) is 9.68. The zero-order valence-corrected chi connectivity index (χ0v) is 11.4. The van der Waals surface area contributed by atoms with Crippen LogP contribution in [0.5, 0.6) is 5.75 Å². The van der Waals surface area contributed by atoms with Crippen molar-refractivity contribution in [2.24, 2.45) is 5.73 Å². The first-order valence-corrected chi connectivity index (χ1v) is 6.76. The van der Waals surface area contributed by atoms with Crippen molar-refractivity contribution in [3.05, 3.63) is 52.6 Å². The summed E-state index contributed by atoms with van der Waals surface area (Å²) in [4.78, 5) is 0. The standard InChI is InChI=1S/C17H19NO/c1-10-8-12(19)9-11(2)17(10)15-5-3-4-14-13(15)6-7-16(14)18/h3-5,8-9,16,19H,6-7,18H2,1-2H3/t16-/m1/s1. The van der Waals surface area contributed by atoms with Crippen LogP contribution < -0.4 is 5.73 Å². The third-order valence-corrected chi connectivity index (χ3v) is 4.10. The van der Waals surface area contributed by atoms with Crippen LogP contribution in [0.25, 0.3) is 11.1 Å². The van der Waals surface area contributed by atoms with Gasteiger partial charge in [0.15, 0.2) is 0 Å². The minimum absolute atomic E-state index is 0.174. The lowest BCUT2D eigenvalue weighted by atomic mass is 9.90. The molecule has 19 heavy (non-hydrogen) atoms. The minimum atomic E-state index is 0.174. The summed E-state index contributed by atoms with van der Waals surface area (Å²) < 4.78 is 0. The quantitative estimate of drug-likeness (QED) is 0.815. The molecule has 0 bridgehead atoms. The van der Waals surface area contributed by atoms with Crippen molar-refractivity contribution in [3.8, 4) is 16.9 Å². The summed E-state index contributed by atoms with van der Waals surface area (Å²) in [6.45, 7) is 4.10. The lowest BCUT2D eigenvalue weighted by molar-refractivity contribution is 0.474. The number of fused-ring (bicyclic) bond motifs is 1. The number of aryl methyl sites for hydroxylation is 2. The van der Waals surface area contributed by atoms with Crippen LogP contribution in [0.1, 0.15) is 34.7 Å². The fourth-order valence-electron chi connectivity index (χ4n) is 3.29. The molecule has 0 heterocycles. The van der Waals surface area contributed by atoms with Gasteiger partial charge in [-0.3, -0.25) is 0 Å². The molecular weight excluding hydrogens is 234 g/mol. The van der Waals surface area contributed by atoms with Crippen molar-refractivity contribution in [2.45, 2.75) is 32.7 Å². The Balaban J connectivity index is 2.25.